The van der Waals surface area contributed by atoms with E-state index in [0.717, 1.165) is 0 Å². The highest BCUT2D eigenvalue weighted by Crippen LogP contribution is 2.44. The average molecular weight is 197 g/mol. The number of hydrogen-bond donors (Lipinski definition) is 0. The fourth-order valence-corrected chi connectivity index (χ4v) is 0.256. The van der Waals surface area contributed by atoms with Crippen LogP contribution in [0.2, 0.25) is 0 Å². The van der Waals surface area contributed by atoms with E-state index in [1.54, 1.807) is 0 Å². The number of halogens is 6. The molecule has 1 unspecified atom stereocenters. The highest BCUT2D eigenvalue weighted by Gasteiger charge is 2.55. The molecule has 60 valence electrons. The van der Waals surface area contributed by atoms with Crippen molar-refractivity contribution in [2.45, 2.75) is 10.5 Å². The van der Waals surface area contributed by atoms with Gasteiger partial charge in [-0.2, -0.15) is 8.78 Å². The first kappa shape index (κ1) is 10.0. The standard InChI is InChI=1S/C4H2Cl2F4/c1-2(7)3(5,8)4(6,9)10/h1H2. The quantitative estimate of drug-likeness (QED) is 0.470. The second-order valence-corrected chi connectivity index (χ2v) is 2.47. The van der Waals surface area contributed by atoms with Gasteiger partial charge in [-0.1, -0.05) is 18.2 Å². The largest absolute Gasteiger partial charge is 0.375 e. The summed E-state index contributed by atoms with van der Waals surface area (Å²) in [5, 5.41) is -8.51. The van der Waals surface area contributed by atoms with Crippen LogP contribution >= 0.6 is 23.2 Å². The molecule has 10 heavy (non-hydrogen) atoms. The van der Waals surface area contributed by atoms with Gasteiger partial charge in [0, 0.05) is 0 Å². The van der Waals surface area contributed by atoms with Gasteiger partial charge in [0.15, 0.2) is 5.83 Å². The molecular weight excluding hydrogens is 195 g/mol. The Hall–Kier alpha value is 0.0400. The molecule has 6 heteroatoms. The van der Waals surface area contributed by atoms with Crippen LogP contribution < -0.4 is 0 Å². The van der Waals surface area contributed by atoms with Crippen LogP contribution in [0.3, 0.4) is 0 Å². The summed E-state index contributed by atoms with van der Waals surface area (Å²) in [6, 6.07) is 0. The molecule has 0 saturated heterocycles. The van der Waals surface area contributed by atoms with Crippen molar-refractivity contribution in [1.29, 1.82) is 0 Å². The summed E-state index contributed by atoms with van der Waals surface area (Å²) < 4.78 is 47.3. The molecule has 0 bridgehead atoms. The summed E-state index contributed by atoms with van der Waals surface area (Å²) in [5.41, 5.74) is 0. The highest BCUT2D eigenvalue weighted by molar-refractivity contribution is 6.33. The van der Waals surface area contributed by atoms with Crippen LogP contribution in [0.1, 0.15) is 0 Å². The second-order valence-electron chi connectivity index (χ2n) is 1.48. The number of rotatable bonds is 2. The molecule has 0 N–H and O–H groups in total. The summed E-state index contributed by atoms with van der Waals surface area (Å²) in [6.45, 7) is 2.26. The van der Waals surface area contributed by atoms with E-state index in [-0.39, 0.29) is 0 Å². The van der Waals surface area contributed by atoms with E-state index in [2.05, 4.69) is 29.8 Å². The zero-order valence-corrected chi connectivity index (χ0v) is 5.99. The topological polar surface area (TPSA) is 0 Å². The van der Waals surface area contributed by atoms with E-state index < -0.39 is 16.3 Å². The molecule has 0 aromatic carbocycles. The molecule has 0 nitrogen and oxygen atoms in total. The number of allylic oxidation sites excluding steroid dienone is 1. The first-order valence-corrected chi connectivity index (χ1v) is 2.74. The summed E-state index contributed by atoms with van der Waals surface area (Å²) in [5.74, 6) is -2.02. The zero-order chi connectivity index (χ0) is 8.58. The van der Waals surface area contributed by atoms with Crippen molar-refractivity contribution in [3.8, 4) is 0 Å². The van der Waals surface area contributed by atoms with Crippen molar-refractivity contribution >= 4 is 23.2 Å². The Morgan fingerprint density at radius 2 is 1.50 bits per heavy atom. The minimum absolute atomic E-state index is 2.02. The van der Waals surface area contributed by atoms with Crippen LogP contribution in [0, 0.1) is 0 Å². The van der Waals surface area contributed by atoms with Crippen LogP contribution in [0.4, 0.5) is 17.6 Å². The van der Waals surface area contributed by atoms with Gasteiger partial charge in [-0.05, 0) is 11.6 Å². The lowest BCUT2D eigenvalue weighted by Gasteiger charge is -2.19. The molecule has 0 radical (unpaired) electrons. The molecule has 1 atom stereocenters. The Labute approximate surface area is 64.4 Å². The summed E-state index contributed by atoms with van der Waals surface area (Å²) in [7, 11) is 0. The van der Waals surface area contributed by atoms with E-state index in [9.17, 15) is 17.6 Å². The molecule has 0 spiro atoms. The van der Waals surface area contributed by atoms with Crippen molar-refractivity contribution in [3.05, 3.63) is 12.4 Å². The molecule has 0 heterocycles. The van der Waals surface area contributed by atoms with Crippen molar-refractivity contribution in [2.75, 3.05) is 0 Å². The maximum absolute atomic E-state index is 12.1. The summed E-state index contributed by atoms with van der Waals surface area (Å²) >= 11 is 8.40. The van der Waals surface area contributed by atoms with E-state index in [1.165, 1.54) is 0 Å². The molecule has 0 aliphatic carbocycles. The number of hydrogen-bond acceptors (Lipinski definition) is 0. The van der Waals surface area contributed by atoms with Crippen LogP contribution in [-0.2, 0) is 0 Å². The third-order valence-corrected chi connectivity index (χ3v) is 1.50. The lowest BCUT2D eigenvalue weighted by atomic mass is 10.3. The minimum atomic E-state index is -4.49. The molecule has 0 aliphatic rings. The number of alkyl halides is 5. The van der Waals surface area contributed by atoms with E-state index >= 15 is 0 Å². The lowest BCUT2D eigenvalue weighted by molar-refractivity contribution is -0.00976. The summed E-state index contributed by atoms with van der Waals surface area (Å²) in [6.07, 6.45) is 0. The molecule has 0 aromatic heterocycles. The van der Waals surface area contributed by atoms with Crippen LogP contribution in [0.15, 0.2) is 12.4 Å². The normalized spacial score (nSPS) is 18.2. The van der Waals surface area contributed by atoms with Crippen molar-refractivity contribution in [2.24, 2.45) is 0 Å². The van der Waals surface area contributed by atoms with Crippen molar-refractivity contribution < 1.29 is 17.6 Å². The van der Waals surface area contributed by atoms with Gasteiger partial charge < -0.3 is 0 Å². The first-order valence-electron chi connectivity index (χ1n) is 1.99. The predicted octanol–water partition coefficient (Wildman–Crippen LogP) is 3.21. The van der Waals surface area contributed by atoms with Crippen molar-refractivity contribution in [1.82, 2.24) is 0 Å². The van der Waals surface area contributed by atoms with Gasteiger partial charge in [0.2, 0.25) is 0 Å². The first-order chi connectivity index (χ1) is 4.19. The molecule has 0 rings (SSSR count). The lowest BCUT2D eigenvalue weighted by Crippen LogP contribution is -2.34. The third-order valence-electron chi connectivity index (χ3n) is 0.697. The van der Waals surface area contributed by atoms with Crippen molar-refractivity contribution in [3.63, 3.8) is 0 Å². The SMILES string of the molecule is C=C(F)C(F)(Cl)C(F)(F)Cl. The van der Waals surface area contributed by atoms with Crippen LogP contribution in [0.5, 0.6) is 0 Å². The Bertz CT molecular complexity index is 148. The molecule has 0 amide bonds. The van der Waals surface area contributed by atoms with Gasteiger partial charge in [0.25, 0.3) is 0 Å². The van der Waals surface area contributed by atoms with Gasteiger partial charge in [-0.25, -0.2) is 8.78 Å². The van der Waals surface area contributed by atoms with Gasteiger partial charge in [0.1, 0.15) is 0 Å². The summed E-state index contributed by atoms with van der Waals surface area (Å²) in [4.78, 5) is 0. The average Bonchev–Trinajstić information content (AvgIpc) is 1.62. The zero-order valence-electron chi connectivity index (χ0n) is 4.47. The van der Waals surface area contributed by atoms with Crippen LogP contribution in [-0.4, -0.2) is 10.5 Å². The predicted molar refractivity (Wildman–Crippen MR) is 30.7 cm³/mol. The molecule has 0 aliphatic heterocycles. The Morgan fingerprint density at radius 3 is 1.50 bits per heavy atom. The Morgan fingerprint density at radius 1 is 1.20 bits per heavy atom. The van der Waals surface area contributed by atoms with E-state index in [4.69, 9.17) is 0 Å². The van der Waals surface area contributed by atoms with Gasteiger partial charge in [-0.15, -0.1) is 0 Å². The van der Waals surface area contributed by atoms with Gasteiger partial charge in [0.05, 0.1) is 0 Å². The Kier molecular flexibility index (Phi) is 2.59. The molecule has 0 fully saturated rings. The van der Waals surface area contributed by atoms with Gasteiger partial charge in [-0.3, -0.25) is 0 Å². The maximum atomic E-state index is 12.1. The third kappa shape index (κ3) is 1.76. The molecule has 0 aromatic rings. The van der Waals surface area contributed by atoms with Gasteiger partial charge >= 0.3 is 10.5 Å². The maximum Gasteiger partial charge on any atom is 0.375 e. The fraction of sp³-hybridized carbons (Fsp3) is 0.500. The minimum Gasteiger partial charge on any atom is -0.210 e. The fourth-order valence-electron chi connectivity index (χ4n) is 0.154. The molecule has 0 saturated carbocycles. The Balaban J connectivity index is 4.57. The van der Waals surface area contributed by atoms with Crippen LogP contribution in [0.25, 0.3) is 0 Å². The van der Waals surface area contributed by atoms with E-state index in [1.807, 2.05) is 0 Å². The van der Waals surface area contributed by atoms with E-state index in [0.29, 0.717) is 0 Å². The smallest absolute Gasteiger partial charge is 0.210 e. The monoisotopic (exact) mass is 196 g/mol. The molecular formula is C4H2Cl2F4. The second kappa shape index (κ2) is 2.58. The highest BCUT2D eigenvalue weighted by atomic mass is 35.5.